The Morgan fingerprint density at radius 3 is 2.16 bits per heavy atom. The van der Waals surface area contributed by atoms with Crippen molar-refractivity contribution in [3.05, 3.63) is 88.5 Å². The van der Waals surface area contributed by atoms with E-state index in [2.05, 4.69) is 111 Å². The third-order valence-electron chi connectivity index (χ3n) is 6.66. The van der Waals surface area contributed by atoms with Gasteiger partial charge in [-0.25, -0.2) is 0 Å². The molecule has 3 heteroatoms. The Labute approximate surface area is 191 Å². The van der Waals surface area contributed by atoms with Gasteiger partial charge < -0.3 is 0 Å². The van der Waals surface area contributed by atoms with Crippen LogP contribution >= 0.6 is 0 Å². The van der Waals surface area contributed by atoms with Gasteiger partial charge in [-0.1, -0.05) is 81.8 Å². The molecule has 162 valence electrons. The van der Waals surface area contributed by atoms with E-state index in [1.165, 1.54) is 50.5 Å². The zero-order valence-corrected chi connectivity index (χ0v) is 20.0. The second-order valence-electron chi connectivity index (χ2n) is 9.71. The van der Waals surface area contributed by atoms with Gasteiger partial charge in [0.25, 0.3) is 5.82 Å². The van der Waals surface area contributed by atoms with Crippen molar-refractivity contribution in [1.82, 2.24) is 9.78 Å². The molecule has 0 radical (unpaired) electrons. The molecule has 0 saturated carbocycles. The van der Waals surface area contributed by atoms with Crippen molar-refractivity contribution < 1.29 is 4.57 Å². The van der Waals surface area contributed by atoms with Gasteiger partial charge >= 0.3 is 5.82 Å². The monoisotopic (exact) mass is 422 g/mol. The third-order valence-corrected chi connectivity index (χ3v) is 6.66. The number of aryl methyl sites for hydroxylation is 2. The summed E-state index contributed by atoms with van der Waals surface area (Å²) in [7, 11) is 0. The van der Waals surface area contributed by atoms with Crippen LogP contribution in [0.4, 0.5) is 0 Å². The molecule has 2 heterocycles. The highest BCUT2D eigenvalue weighted by Gasteiger charge is 2.38. The minimum atomic E-state index is 0.412. The Morgan fingerprint density at radius 2 is 1.50 bits per heavy atom. The first-order valence-corrected chi connectivity index (χ1v) is 11.7. The van der Waals surface area contributed by atoms with E-state index in [1.54, 1.807) is 0 Å². The summed E-state index contributed by atoms with van der Waals surface area (Å²) in [6.07, 6.45) is 0. The lowest BCUT2D eigenvalue weighted by atomic mass is 9.92. The summed E-state index contributed by atoms with van der Waals surface area (Å²) in [4.78, 5) is 0. The molecule has 1 aliphatic rings. The lowest BCUT2D eigenvalue weighted by molar-refractivity contribution is -0.573. The summed E-state index contributed by atoms with van der Waals surface area (Å²) in [6.45, 7) is 14.3. The zero-order chi connectivity index (χ0) is 22.6. The minimum absolute atomic E-state index is 0.412. The first-order valence-electron chi connectivity index (χ1n) is 11.7. The lowest BCUT2D eigenvalue weighted by Crippen LogP contribution is -2.37. The van der Waals surface area contributed by atoms with E-state index in [1.807, 2.05) is 0 Å². The molecular formula is C29H32N3+. The summed E-state index contributed by atoms with van der Waals surface area (Å²) >= 11 is 0. The summed E-state index contributed by atoms with van der Waals surface area (Å²) in [5, 5.41) is 5.22. The van der Waals surface area contributed by atoms with Crippen molar-refractivity contribution >= 4 is 0 Å². The van der Waals surface area contributed by atoms with Crippen molar-refractivity contribution in [3.63, 3.8) is 0 Å². The maximum absolute atomic E-state index is 5.22. The zero-order valence-electron chi connectivity index (χ0n) is 20.0. The van der Waals surface area contributed by atoms with Crippen molar-refractivity contribution in [1.29, 1.82) is 0 Å². The van der Waals surface area contributed by atoms with E-state index < -0.39 is 0 Å². The summed E-state index contributed by atoms with van der Waals surface area (Å²) < 4.78 is 4.66. The van der Waals surface area contributed by atoms with Gasteiger partial charge in [-0.05, 0) is 54.5 Å². The Balaban J connectivity index is 1.93. The molecule has 1 aromatic heterocycles. The molecule has 0 N–H and O–H groups in total. The first kappa shape index (κ1) is 20.7. The molecule has 4 aromatic rings. The third kappa shape index (κ3) is 3.19. The molecule has 3 aromatic carbocycles. The highest BCUT2D eigenvalue weighted by Crippen LogP contribution is 2.36. The number of para-hydroxylation sites is 1. The second-order valence-corrected chi connectivity index (χ2v) is 9.71. The Kier molecular flexibility index (Phi) is 5.00. The molecule has 0 aliphatic carbocycles. The average molecular weight is 423 g/mol. The quantitative estimate of drug-likeness (QED) is 0.295. The van der Waals surface area contributed by atoms with Gasteiger partial charge in [0.05, 0.1) is 11.1 Å². The number of benzene rings is 3. The van der Waals surface area contributed by atoms with Gasteiger partial charge in [0.2, 0.25) is 0 Å². The van der Waals surface area contributed by atoms with Crippen molar-refractivity contribution in [2.24, 2.45) is 0 Å². The van der Waals surface area contributed by atoms with Gasteiger partial charge in [0.15, 0.2) is 0 Å². The fourth-order valence-corrected chi connectivity index (χ4v) is 4.97. The smallest absolute Gasteiger partial charge is 0.189 e. The highest BCUT2D eigenvalue weighted by molar-refractivity contribution is 5.67. The van der Waals surface area contributed by atoms with Crippen LogP contribution in [0, 0.1) is 13.8 Å². The average Bonchev–Trinajstić information content (AvgIpc) is 3.29. The van der Waals surface area contributed by atoms with Gasteiger partial charge in [0.1, 0.15) is 12.2 Å². The molecular weight excluding hydrogens is 390 g/mol. The minimum Gasteiger partial charge on any atom is -0.189 e. The van der Waals surface area contributed by atoms with Crippen molar-refractivity contribution in [2.45, 2.75) is 59.9 Å². The lowest BCUT2D eigenvalue weighted by Gasteiger charge is -2.19. The van der Waals surface area contributed by atoms with Crippen LogP contribution in [0.2, 0.25) is 0 Å². The fraction of sp³-hybridized carbons (Fsp3) is 0.310. The van der Waals surface area contributed by atoms with Gasteiger partial charge in [-0.15, -0.1) is 4.68 Å². The van der Waals surface area contributed by atoms with Crippen molar-refractivity contribution in [3.8, 4) is 28.5 Å². The SMILES string of the molecule is Cc1ccc2c(c1)-c1n(nc(-c3ccccc3C)[n+]1-c1c(C(C)C)cccc1C(C)C)C2. The number of hydrogen-bond acceptors (Lipinski definition) is 1. The molecule has 32 heavy (non-hydrogen) atoms. The summed E-state index contributed by atoms with van der Waals surface area (Å²) in [5.74, 6) is 3.04. The molecule has 0 atom stereocenters. The van der Waals surface area contributed by atoms with E-state index in [0.717, 1.165) is 12.4 Å². The van der Waals surface area contributed by atoms with E-state index >= 15 is 0 Å². The number of hydrogen-bond donors (Lipinski definition) is 0. The topological polar surface area (TPSA) is 21.7 Å². The Morgan fingerprint density at radius 1 is 0.812 bits per heavy atom. The maximum atomic E-state index is 5.22. The number of rotatable bonds is 4. The van der Waals surface area contributed by atoms with Crippen LogP contribution in [-0.4, -0.2) is 9.78 Å². The van der Waals surface area contributed by atoms with E-state index in [9.17, 15) is 0 Å². The molecule has 1 aliphatic heterocycles. The van der Waals surface area contributed by atoms with Crippen LogP contribution in [0.1, 0.15) is 67.3 Å². The van der Waals surface area contributed by atoms with Gasteiger partial charge in [-0.3, -0.25) is 0 Å². The molecule has 0 bridgehead atoms. The molecule has 0 saturated heterocycles. The predicted molar refractivity (Wildman–Crippen MR) is 131 cm³/mol. The number of nitrogens with zero attached hydrogens (tertiary/aromatic N) is 3. The van der Waals surface area contributed by atoms with Crippen LogP contribution in [0.3, 0.4) is 0 Å². The second kappa shape index (κ2) is 7.74. The molecule has 0 spiro atoms. The molecule has 0 fully saturated rings. The summed E-state index contributed by atoms with van der Waals surface area (Å²) in [5.41, 5.74) is 10.4. The molecule has 0 amide bonds. The van der Waals surface area contributed by atoms with E-state index in [4.69, 9.17) is 5.10 Å². The fourth-order valence-electron chi connectivity index (χ4n) is 4.97. The standard InChI is InChI=1S/C29H32N3/c1-18(2)23-12-9-13-24(19(3)4)27(23)32-28(25-11-8-7-10-21(25)6)30-31-17-22-15-14-20(5)16-26(22)29(31)32/h7-16,18-19H,17H2,1-6H3/q+1. The van der Waals surface area contributed by atoms with Gasteiger partial charge in [0, 0.05) is 10.7 Å². The number of fused-ring (bicyclic) bond motifs is 3. The number of aromatic nitrogens is 3. The van der Waals surface area contributed by atoms with Gasteiger partial charge in [-0.2, -0.15) is 4.57 Å². The largest absolute Gasteiger partial charge is 0.314 e. The highest BCUT2D eigenvalue weighted by atomic mass is 15.4. The summed E-state index contributed by atoms with van der Waals surface area (Å²) in [6, 6.07) is 22.2. The molecule has 3 nitrogen and oxygen atoms in total. The van der Waals surface area contributed by atoms with Crippen LogP contribution in [0.25, 0.3) is 28.5 Å². The molecule has 5 rings (SSSR count). The van der Waals surface area contributed by atoms with Crippen molar-refractivity contribution in [2.75, 3.05) is 0 Å². The van der Waals surface area contributed by atoms with Crippen LogP contribution < -0.4 is 4.57 Å². The molecule has 0 unspecified atom stereocenters. The van der Waals surface area contributed by atoms with Crippen LogP contribution in [-0.2, 0) is 6.54 Å². The van der Waals surface area contributed by atoms with E-state index in [0.29, 0.717) is 11.8 Å². The maximum Gasteiger partial charge on any atom is 0.314 e. The van der Waals surface area contributed by atoms with E-state index in [-0.39, 0.29) is 0 Å². The first-order chi connectivity index (χ1) is 15.4. The normalized spacial score (nSPS) is 12.5. The predicted octanol–water partition coefficient (Wildman–Crippen LogP) is 6.72. The van der Waals surface area contributed by atoms with Crippen LogP contribution in [0.5, 0.6) is 0 Å². The Bertz CT molecular complexity index is 1300. The Hall–Kier alpha value is -3.20. The van der Waals surface area contributed by atoms with Crippen LogP contribution in [0.15, 0.2) is 60.7 Å².